The van der Waals surface area contributed by atoms with E-state index in [0.29, 0.717) is 28.1 Å². The van der Waals surface area contributed by atoms with Gasteiger partial charge in [-0.15, -0.1) is 12.4 Å². The number of piperidine rings is 1. The summed E-state index contributed by atoms with van der Waals surface area (Å²) in [5.41, 5.74) is 6.36. The molecule has 20 heavy (non-hydrogen) atoms. The van der Waals surface area contributed by atoms with E-state index in [1.165, 1.54) is 0 Å². The van der Waals surface area contributed by atoms with E-state index in [9.17, 15) is 4.79 Å². The van der Waals surface area contributed by atoms with Crippen LogP contribution in [-0.2, 0) is 0 Å². The van der Waals surface area contributed by atoms with Crippen molar-refractivity contribution in [2.75, 3.05) is 13.1 Å². The van der Waals surface area contributed by atoms with Crippen molar-refractivity contribution in [2.24, 2.45) is 11.7 Å². The lowest BCUT2D eigenvalue weighted by atomic mass is 9.92. The average Bonchev–Trinajstić information content (AvgIpc) is 2.41. The van der Waals surface area contributed by atoms with Gasteiger partial charge in [0.05, 0.1) is 10.0 Å². The van der Waals surface area contributed by atoms with Crippen molar-refractivity contribution >= 4 is 41.5 Å². The van der Waals surface area contributed by atoms with Gasteiger partial charge < -0.3 is 10.6 Å². The van der Waals surface area contributed by atoms with Crippen molar-refractivity contribution in [3.8, 4) is 0 Å². The van der Waals surface area contributed by atoms with E-state index >= 15 is 0 Å². The van der Waals surface area contributed by atoms with Crippen LogP contribution in [0, 0.1) is 5.92 Å². The van der Waals surface area contributed by atoms with Gasteiger partial charge in [0, 0.05) is 24.7 Å². The minimum Gasteiger partial charge on any atom is -0.334 e. The topological polar surface area (TPSA) is 46.3 Å². The summed E-state index contributed by atoms with van der Waals surface area (Å²) in [5.74, 6) is 0.604. The molecular formula is C14H19Cl3N2O. The fraction of sp³-hybridized carbons (Fsp3) is 0.500. The SMILES string of the molecule is CC1CCN(C(=O)c2ccc(Cl)c(Cl)c2)C(CN)C1.Cl. The zero-order valence-corrected chi connectivity index (χ0v) is 13.6. The van der Waals surface area contributed by atoms with Gasteiger partial charge in [0.25, 0.3) is 5.91 Å². The van der Waals surface area contributed by atoms with Crippen LogP contribution < -0.4 is 5.73 Å². The molecule has 0 aromatic heterocycles. The molecule has 1 fully saturated rings. The summed E-state index contributed by atoms with van der Waals surface area (Å²) in [6.07, 6.45) is 1.98. The Balaban J connectivity index is 0.00000200. The van der Waals surface area contributed by atoms with E-state index in [-0.39, 0.29) is 24.4 Å². The number of amides is 1. The van der Waals surface area contributed by atoms with Crippen molar-refractivity contribution < 1.29 is 4.79 Å². The molecule has 2 rings (SSSR count). The largest absolute Gasteiger partial charge is 0.334 e. The number of hydrogen-bond acceptors (Lipinski definition) is 2. The van der Waals surface area contributed by atoms with Gasteiger partial charge in [-0.1, -0.05) is 30.1 Å². The number of nitrogens with zero attached hydrogens (tertiary/aromatic N) is 1. The lowest BCUT2D eigenvalue weighted by molar-refractivity contribution is 0.0573. The van der Waals surface area contributed by atoms with Gasteiger partial charge in [0.2, 0.25) is 0 Å². The molecule has 1 saturated heterocycles. The summed E-state index contributed by atoms with van der Waals surface area (Å²) in [6, 6.07) is 5.10. The lowest BCUT2D eigenvalue weighted by Gasteiger charge is -2.38. The molecule has 0 saturated carbocycles. The van der Waals surface area contributed by atoms with Crippen molar-refractivity contribution in [3.05, 3.63) is 33.8 Å². The molecule has 2 unspecified atom stereocenters. The molecule has 1 aliphatic rings. The number of carbonyl (C=O) groups is 1. The summed E-state index contributed by atoms with van der Waals surface area (Å²) in [6.45, 7) is 3.45. The number of carbonyl (C=O) groups excluding carboxylic acids is 1. The first-order valence-electron chi connectivity index (χ1n) is 6.49. The predicted octanol–water partition coefficient (Wildman–Crippen LogP) is 3.61. The van der Waals surface area contributed by atoms with Gasteiger partial charge in [0.15, 0.2) is 0 Å². The van der Waals surface area contributed by atoms with Crippen LogP contribution in [0.2, 0.25) is 10.0 Å². The first kappa shape index (κ1) is 17.6. The first-order chi connectivity index (χ1) is 9.02. The fourth-order valence-electron chi connectivity index (χ4n) is 2.54. The quantitative estimate of drug-likeness (QED) is 0.896. The molecular weight excluding hydrogens is 319 g/mol. The highest BCUT2D eigenvalue weighted by atomic mass is 35.5. The highest BCUT2D eigenvalue weighted by molar-refractivity contribution is 6.42. The van der Waals surface area contributed by atoms with E-state index in [1.54, 1.807) is 18.2 Å². The minimum absolute atomic E-state index is 0. The second-order valence-electron chi connectivity index (χ2n) is 5.15. The number of hydrogen-bond donors (Lipinski definition) is 1. The van der Waals surface area contributed by atoms with Gasteiger partial charge in [-0.05, 0) is 37.0 Å². The third-order valence-electron chi connectivity index (χ3n) is 3.68. The maximum absolute atomic E-state index is 12.5. The van der Waals surface area contributed by atoms with Crippen LogP contribution in [0.1, 0.15) is 30.1 Å². The third kappa shape index (κ3) is 3.79. The normalized spacial score (nSPS) is 22.3. The van der Waals surface area contributed by atoms with E-state index in [1.807, 2.05) is 4.90 Å². The van der Waals surface area contributed by atoms with Crippen LogP contribution in [0.15, 0.2) is 18.2 Å². The molecule has 112 valence electrons. The molecule has 1 aliphatic heterocycles. The van der Waals surface area contributed by atoms with Crippen LogP contribution in [0.4, 0.5) is 0 Å². The molecule has 6 heteroatoms. The number of benzene rings is 1. The Kier molecular flexibility index (Phi) is 6.59. The van der Waals surface area contributed by atoms with Gasteiger partial charge >= 0.3 is 0 Å². The maximum atomic E-state index is 12.5. The smallest absolute Gasteiger partial charge is 0.254 e. The molecule has 2 N–H and O–H groups in total. The zero-order chi connectivity index (χ0) is 14.0. The molecule has 3 nitrogen and oxygen atoms in total. The molecule has 1 amide bonds. The Hall–Kier alpha value is -0.480. The minimum atomic E-state index is -0.0130. The molecule has 1 heterocycles. The molecule has 0 spiro atoms. The Morgan fingerprint density at radius 1 is 1.40 bits per heavy atom. The van der Waals surface area contributed by atoms with Crippen molar-refractivity contribution in [3.63, 3.8) is 0 Å². The van der Waals surface area contributed by atoms with Gasteiger partial charge in [-0.3, -0.25) is 4.79 Å². The van der Waals surface area contributed by atoms with Crippen LogP contribution in [-0.4, -0.2) is 29.9 Å². The van der Waals surface area contributed by atoms with Crippen molar-refractivity contribution in [1.82, 2.24) is 4.90 Å². The van der Waals surface area contributed by atoms with Crippen molar-refractivity contribution in [2.45, 2.75) is 25.8 Å². The van der Waals surface area contributed by atoms with E-state index in [4.69, 9.17) is 28.9 Å². The molecule has 0 radical (unpaired) electrons. The summed E-state index contributed by atoms with van der Waals surface area (Å²) < 4.78 is 0. The standard InChI is InChI=1S/C14H18Cl2N2O.ClH/c1-9-4-5-18(11(6-9)8-17)14(19)10-2-3-12(15)13(16)7-10;/h2-3,7,9,11H,4-6,8,17H2,1H3;1H. The van der Waals surface area contributed by atoms with Crippen molar-refractivity contribution in [1.29, 1.82) is 0 Å². The highest BCUT2D eigenvalue weighted by Gasteiger charge is 2.29. The average molecular weight is 338 g/mol. The molecule has 1 aromatic carbocycles. The molecule has 2 atom stereocenters. The van der Waals surface area contributed by atoms with Crippen LogP contribution in [0.25, 0.3) is 0 Å². The second-order valence-corrected chi connectivity index (χ2v) is 5.96. The number of nitrogens with two attached hydrogens (primary N) is 1. The Bertz CT molecular complexity index is 481. The summed E-state index contributed by atoms with van der Waals surface area (Å²) in [4.78, 5) is 14.4. The summed E-state index contributed by atoms with van der Waals surface area (Å²) >= 11 is 11.8. The van der Waals surface area contributed by atoms with Crippen LogP contribution >= 0.6 is 35.6 Å². The van der Waals surface area contributed by atoms with E-state index in [0.717, 1.165) is 19.4 Å². The predicted molar refractivity (Wildman–Crippen MR) is 86.0 cm³/mol. The second kappa shape index (κ2) is 7.51. The number of halogens is 3. The lowest BCUT2D eigenvalue weighted by Crippen LogP contribution is -2.49. The summed E-state index contributed by atoms with van der Waals surface area (Å²) in [5, 5.41) is 0.864. The molecule has 0 bridgehead atoms. The monoisotopic (exact) mass is 336 g/mol. The zero-order valence-electron chi connectivity index (χ0n) is 11.3. The maximum Gasteiger partial charge on any atom is 0.254 e. The fourth-order valence-corrected chi connectivity index (χ4v) is 2.84. The molecule has 0 aliphatic carbocycles. The first-order valence-corrected chi connectivity index (χ1v) is 7.24. The van der Waals surface area contributed by atoms with E-state index < -0.39 is 0 Å². The van der Waals surface area contributed by atoms with E-state index in [2.05, 4.69) is 6.92 Å². The highest BCUT2D eigenvalue weighted by Crippen LogP contribution is 2.26. The molecule has 1 aromatic rings. The van der Waals surface area contributed by atoms with Gasteiger partial charge in [-0.2, -0.15) is 0 Å². The van der Waals surface area contributed by atoms with Crippen LogP contribution in [0.5, 0.6) is 0 Å². The number of rotatable bonds is 2. The van der Waals surface area contributed by atoms with Gasteiger partial charge in [-0.25, -0.2) is 0 Å². The Labute approximate surface area is 135 Å². The number of likely N-dealkylation sites (tertiary alicyclic amines) is 1. The Morgan fingerprint density at radius 2 is 2.10 bits per heavy atom. The Morgan fingerprint density at radius 3 is 2.70 bits per heavy atom. The van der Waals surface area contributed by atoms with Crippen LogP contribution in [0.3, 0.4) is 0 Å². The summed E-state index contributed by atoms with van der Waals surface area (Å²) in [7, 11) is 0. The van der Waals surface area contributed by atoms with Gasteiger partial charge in [0.1, 0.15) is 0 Å². The third-order valence-corrected chi connectivity index (χ3v) is 4.42.